The molecule has 2 unspecified atom stereocenters. The summed E-state index contributed by atoms with van der Waals surface area (Å²) in [6, 6.07) is 0. The number of hydrogen-bond donors (Lipinski definition) is 1. The number of piperidine rings is 1. The minimum Gasteiger partial charge on any atom is -0.500 e. The predicted molar refractivity (Wildman–Crippen MR) is 101 cm³/mol. The van der Waals surface area contributed by atoms with Crippen molar-refractivity contribution in [2.24, 2.45) is 11.8 Å². The topological polar surface area (TPSA) is 32.7 Å². The van der Waals surface area contributed by atoms with Gasteiger partial charge in [-0.05, 0) is 59.0 Å². The van der Waals surface area contributed by atoms with Gasteiger partial charge in [-0.3, -0.25) is 0 Å². The fraction of sp³-hybridized carbons (Fsp3) is 0.714. The zero-order valence-electron chi connectivity index (χ0n) is 16.5. The molecule has 0 radical (unpaired) electrons. The molecule has 2 rings (SSSR count). The van der Waals surface area contributed by atoms with E-state index < -0.39 is 0 Å². The molecular formula is C21H35NO2. The van der Waals surface area contributed by atoms with Crippen LogP contribution in [0.15, 0.2) is 35.4 Å². The number of allylic oxidation sites excluding steroid dienone is 4. The van der Waals surface area contributed by atoms with Crippen LogP contribution in [0.1, 0.15) is 67.2 Å². The minimum atomic E-state index is -0.0543. The van der Waals surface area contributed by atoms with Crippen LogP contribution in [0.3, 0.4) is 0 Å². The molecular weight excluding hydrogens is 298 g/mol. The monoisotopic (exact) mass is 333 g/mol. The highest BCUT2D eigenvalue weighted by Crippen LogP contribution is 2.42. The SMILES string of the molecule is CCC(C)C1C=C/C(=C(/O)N2C(C)(C)CCCC2(C)C)C=C1OC. The molecule has 1 aliphatic carbocycles. The van der Waals surface area contributed by atoms with E-state index in [0.29, 0.717) is 17.7 Å². The Morgan fingerprint density at radius 2 is 1.88 bits per heavy atom. The summed E-state index contributed by atoms with van der Waals surface area (Å²) in [5.41, 5.74) is 0.747. The lowest BCUT2D eigenvalue weighted by molar-refractivity contribution is -0.0331. The van der Waals surface area contributed by atoms with Crippen LogP contribution in [0, 0.1) is 11.8 Å². The van der Waals surface area contributed by atoms with Crippen molar-refractivity contribution in [2.75, 3.05) is 7.11 Å². The summed E-state index contributed by atoms with van der Waals surface area (Å²) in [7, 11) is 1.73. The second kappa shape index (κ2) is 6.85. The largest absolute Gasteiger partial charge is 0.500 e. The zero-order chi connectivity index (χ0) is 18.1. The molecule has 0 aromatic heterocycles. The van der Waals surface area contributed by atoms with E-state index >= 15 is 0 Å². The summed E-state index contributed by atoms with van der Waals surface area (Å²) in [6.07, 6.45) is 10.8. The number of aliphatic hydroxyl groups is 1. The Hall–Kier alpha value is -1.38. The van der Waals surface area contributed by atoms with Crippen molar-refractivity contribution in [3.8, 4) is 0 Å². The first-order chi connectivity index (χ1) is 11.1. The van der Waals surface area contributed by atoms with Gasteiger partial charge in [0, 0.05) is 22.6 Å². The zero-order valence-corrected chi connectivity index (χ0v) is 16.5. The van der Waals surface area contributed by atoms with E-state index in [4.69, 9.17) is 4.74 Å². The molecule has 1 fully saturated rings. The minimum absolute atomic E-state index is 0.0543. The van der Waals surface area contributed by atoms with Crippen molar-refractivity contribution in [3.63, 3.8) is 0 Å². The number of ether oxygens (including phenoxy) is 1. The van der Waals surface area contributed by atoms with Crippen molar-refractivity contribution in [1.82, 2.24) is 4.90 Å². The first-order valence-electron chi connectivity index (χ1n) is 9.31. The van der Waals surface area contributed by atoms with Crippen LogP contribution >= 0.6 is 0 Å². The van der Waals surface area contributed by atoms with Crippen LogP contribution in [-0.4, -0.2) is 28.2 Å². The number of hydrogen-bond acceptors (Lipinski definition) is 3. The van der Waals surface area contributed by atoms with Gasteiger partial charge in [-0.2, -0.15) is 0 Å². The van der Waals surface area contributed by atoms with Gasteiger partial charge in [0.15, 0.2) is 5.88 Å². The first kappa shape index (κ1) is 19.0. The number of likely N-dealkylation sites (tertiary alicyclic amines) is 1. The third kappa shape index (κ3) is 3.50. The molecule has 2 atom stereocenters. The van der Waals surface area contributed by atoms with Gasteiger partial charge in [-0.15, -0.1) is 0 Å². The van der Waals surface area contributed by atoms with E-state index in [9.17, 15) is 5.11 Å². The van der Waals surface area contributed by atoms with E-state index in [1.54, 1.807) is 7.11 Å². The average molecular weight is 334 g/mol. The number of rotatable bonds is 4. The van der Waals surface area contributed by atoms with Gasteiger partial charge >= 0.3 is 0 Å². The molecule has 1 aliphatic heterocycles. The van der Waals surface area contributed by atoms with E-state index in [0.717, 1.165) is 30.6 Å². The van der Waals surface area contributed by atoms with E-state index in [-0.39, 0.29) is 11.1 Å². The Morgan fingerprint density at radius 3 is 2.38 bits per heavy atom. The van der Waals surface area contributed by atoms with Gasteiger partial charge in [0.05, 0.1) is 7.11 Å². The molecule has 1 heterocycles. The highest BCUT2D eigenvalue weighted by atomic mass is 16.5. The highest BCUT2D eigenvalue weighted by Gasteiger charge is 2.43. The van der Waals surface area contributed by atoms with Crippen molar-refractivity contribution >= 4 is 0 Å². The van der Waals surface area contributed by atoms with Crippen molar-refractivity contribution in [1.29, 1.82) is 0 Å². The average Bonchev–Trinajstić information content (AvgIpc) is 2.51. The summed E-state index contributed by atoms with van der Waals surface area (Å²) in [5, 5.41) is 11.1. The fourth-order valence-corrected chi connectivity index (χ4v) is 4.36. The summed E-state index contributed by atoms with van der Waals surface area (Å²) in [5.74, 6) is 2.14. The molecule has 1 N–H and O–H groups in total. The fourth-order valence-electron chi connectivity index (χ4n) is 4.36. The van der Waals surface area contributed by atoms with Crippen LogP contribution < -0.4 is 0 Å². The molecule has 0 amide bonds. The Labute approximate surface area is 148 Å². The van der Waals surface area contributed by atoms with Crippen molar-refractivity contribution in [2.45, 2.75) is 78.3 Å². The maximum absolute atomic E-state index is 11.1. The lowest BCUT2D eigenvalue weighted by Crippen LogP contribution is -2.57. The van der Waals surface area contributed by atoms with Gasteiger partial charge in [0.25, 0.3) is 0 Å². The number of aliphatic hydroxyl groups excluding tert-OH is 1. The number of methoxy groups -OCH3 is 1. The summed E-state index contributed by atoms with van der Waals surface area (Å²) in [4.78, 5) is 2.20. The van der Waals surface area contributed by atoms with Gasteiger partial charge in [-0.25, -0.2) is 0 Å². The molecule has 0 aromatic rings. The molecule has 136 valence electrons. The second-order valence-corrected chi connectivity index (χ2v) is 8.61. The Balaban J connectivity index is 2.42. The summed E-state index contributed by atoms with van der Waals surface area (Å²) < 4.78 is 5.64. The van der Waals surface area contributed by atoms with Gasteiger partial charge in [0.1, 0.15) is 5.76 Å². The van der Waals surface area contributed by atoms with Crippen molar-refractivity contribution < 1.29 is 9.84 Å². The lowest BCUT2D eigenvalue weighted by atomic mass is 9.79. The molecule has 3 heteroatoms. The second-order valence-electron chi connectivity index (χ2n) is 8.61. The molecule has 24 heavy (non-hydrogen) atoms. The highest BCUT2D eigenvalue weighted by molar-refractivity contribution is 5.41. The van der Waals surface area contributed by atoms with Gasteiger partial charge in [-0.1, -0.05) is 32.4 Å². The van der Waals surface area contributed by atoms with E-state index in [1.165, 1.54) is 6.42 Å². The predicted octanol–water partition coefficient (Wildman–Crippen LogP) is 5.56. The van der Waals surface area contributed by atoms with Crippen LogP contribution in [0.2, 0.25) is 0 Å². The smallest absolute Gasteiger partial charge is 0.195 e. The van der Waals surface area contributed by atoms with E-state index in [2.05, 4.69) is 58.6 Å². The Bertz CT molecular complexity index is 538. The standard InChI is InChI=1S/C21H35NO2/c1-8-15(2)17-11-10-16(14-18(17)24-7)19(23)22-20(3,4)12-9-13-21(22,5)6/h10-11,14-15,17,23H,8-9,12-13H2,1-7H3/b19-16-. The van der Waals surface area contributed by atoms with Crippen LogP contribution in [-0.2, 0) is 4.74 Å². The summed E-state index contributed by atoms with van der Waals surface area (Å²) >= 11 is 0. The Morgan fingerprint density at radius 1 is 1.29 bits per heavy atom. The summed E-state index contributed by atoms with van der Waals surface area (Å²) in [6.45, 7) is 13.3. The normalized spacial score (nSPS) is 29.0. The molecule has 0 saturated carbocycles. The third-order valence-electron chi connectivity index (χ3n) is 5.86. The Kier molecular flexibility index (Phi) is 5.41. The van der Waals surface area contributed by atoms with E-state index in [1.807, 2.05) is 6.08 Å². The van der Waals surface area contributed by atoms with Crippen LogP contribution in [0.5, 0.6) is 0 Å². The van der Waals surface area contributed by atoms with Crippen LogP contribution in [0.4, 0.5) is 0 Å². The third-order valence-corrected chi connectivity index (χ3v) is 5.86. The molecule has 0 spiro atoms. The number of nitrogens with zero attached hydrogens (tertiary/aromatic N) is 1. The molecule has 3 nitrogen and oxygen atoms in total. The molecule has 0 aromatic carbocycles. The van der Waals surface area contributed by atoms with Gasteiger partial charge < -0.3 is 14.7 Å². The molecule has 2 aliphatic rings. The molecule has 0 bridgehead atoms. The maximum Gasteiger partial charge on any atom is 0.195 e. The van der Waals surface area contributed by atoms with Crippen LogP contribution in [0.25, 0.3) is 0 Å². The quantitative estimate of drug-likeness (QED) is 0.683. The molecule has 1 saturated heterocycles. The maximum atomic E-state index is 11.1. The van der Waals surface area contributed by atoms with Gasteiger partial charge in [0.2, 0.25) is 0 Å². The lowest BCUT2D eigenvalue weighted by Gasteiger charge is -2.53. The first-order valence-corrected chi connectivity index (χ1v) is 9.31. The van der Waals surface area contributed by atoms with Crippen molar-refractivity contribution in [3.05, 3.63) is 35.4 Å².